The Kier molecular flexibility index (Phi) is 4.77. The fraction of sp³-hybridized carbons (Fsp3) is 0.467. The van der Waals surface area contributed by atoms with Crippen molar-refractivity contribution in [2.75, 3.05) is 7.11 Å². The monoisotopic (exact) mass is 295 g/mol. The van der Waals surface area contributed by atoms with Crippen molar-refractivity contribution in [3.8, 4) is 5.75 Å². The summed E-state index contributed by atoms with van der Waals surface area (Å²) in [5.74, 6) is -1.30. The van der Waals surface area contributed by atoms with Crippen LogP contribution in [-0.4, -0.2) is 31.1 Å². The molecular formula is C15H18FNO4. The number of hydrogen-bond acceptors (Lipinski definition) is 4. The summed E-state index contributed by atoms with van der Waals surface area (Å²) in [4.78, 5) is 23.4. The van der Waals surface area contributed by atoms with Gasteiger partial charge in [0.2, 0.25) is 0 Å². The van der Waals surface area contributed by atoms with Gasteiger partial charge in [-0.15, -0.1) is 0 Å². The first-order valence-electron chi connectivity index (χ1n) is 6.82. The minimum absolute atomic E-state index is 0.0953. The maximum absolute atomic E-state index is 13.5. The Bertz CT molecular complexity index is 542. The first-order valence-corrected chi connectivity index (χ1v) is 6.82. The SMILES string of the molecule is COc1ccc(CC(=O)O[C@H](C)C(=O)NC2CC2)cc1F. The lowest BCUT2D eigenvalue weighted by molar-refractivity contribution is -0.154. The van der Waals surface area contributed by atoms with Gasteiger partial charge in [0.05, 0.1) is 13.5 Å². The van der Waals surface area contributed by atoms with Crippen LogP contribution in [0.15, 0.2) is 18.2 Å². The Morgan fingerprint density at radius 3 is 2.71 bits per heavy atom. The highest BCUT2D eigenvalue weighted by molar-refractivity contribution is 5.84. The number of methoxy groups -OCH3 is 1. The summed E-state index contributed by atoms with van der Waals surface area (Å²) < 4.78 is 23.3. The van der Waals surface area contributed by atoms with Gasteiger partial charge in [-0.3, -0.25) is 9.59 Å². The predicted molar refractivity (Wildman–Crippen MR) is 73.4 cm³/mol. The van der Waals surface area contributed by atoms with Crippen LogP contribution in [0, 0.1) is 5.82 Å². The maximum Gasteiger partial charge on any atom is 0.311 e. The van der Waals surface area contributed by atoms with Gasteiger partial charge in [-0.25, -0.2) is 4.39 Å². The largest absolute Gasteiger partial charge is 0.494 e. The van der Waals surface area contributed by atoms with E-state index in [0.717, 1.165) is 12.8 Å². The van der Waals surface area contributed by atoms with E-state index in [1.807, 2.05) is 0 Å². The molecule has 0 heterocycles. The van der Waals surface area contributed by atoms with Crippen LogP contribution in [-0.2, 0) is 20.7 Å². The zero-order chi connectivity index (χ0) is 15.4. The van der Waals surface area contributed by atoms with Gasteiger partial charge in [0, 0.05) is 6.04 Å². The van der Waals surface area contributed by atoms with Crippen LogP contribution >= 0.6 is 0 Å². The molecule has 0 radical (unpaired) electrons. The summed E-state index contributed by atoms with van der Waals surface area (Å²) in [6, 6.07) is 4.46. The minimum atomic E-state index is -0.846. The standard InChI is InChI=1S/C15H18FNO4/c1-9(15(19)17-11-4-5-11)21-14(18)8-10-3-6-13(20-2)12(16)7-10/h3,6-7,9,11H,4-5,8H2,1-2H3,(H,17,19)/t9-/m1/s1. The molecule has 114 valence electrons. The molecule has 0 saturated heterocycles. The van der Waals surface area contributed by atoms with Gasteiger partial charge in [0.15, 0.2) is 17.7 Å². The number of ether oxygens (including phenoxy) is 2. The lowest BCUT2D eigenvalue weighted by Gasteiger charge is -2.13. The fourth-order valence-corrected chi connectivity index (χ4v) is 1.83. The second-order valence-electron chi connectivity index (χ2n) is 5.06. The molecule has 1 atom stereocenters. The van der Waals surface area contributed by atoms with Gasteiger partial charge in [0.25, 0.3) is 5.91 Å². The van der Waals surface area contributed by atoms with Crippen molar-refractivity contribution in [3.05, 3.63) is 29.6 Å². The van der Waals surface area contributed by atoms with Crippen molar-refractivity contribution in [2.24, 2.45) is 0 Å². The fourth-order valence-electron chi connectivity index (χ4n) is 1.83. The smallest absolute Gasteiger partial charge is 0.311 e. The van der Waals surface area contributed by atoms with E-state index < -0.39 is 17.9 Å². The first-order chi connectivity index (χ1) is 9.99. The molecule has 0 bridgehead atoms. The van der Waals surface area contributed by atoms with Crippen molar-refractivity contribution in [2.45, 2.75) is 38.3 Å². The summed E-state index contributed by atoms with van der Waals surface area (Å²) in [5.41, 5.74) is 0.466. The van der Waals surface area contributed by atoms with E-state index in [1.165, 1.54) is 26.2 Å². The Balaban J connectivity index is 1.85. The van der Waals surface area contributed by atoms with Gasteiger partial charge >= 0.3 is 5.97 Å². The van der Waals surface area contributed by atoms with Crippen molar-refractivity contribution >= 4 is 11.9 Å². The van der Waals surface area contributed by atoms with E-state index in [4.69, 9.17) is 9.47 Å². The molecule has 5 nitrogen and oxygen atoms in total. The van der Waals surface area contributed by atoms with E-state index in [-0.39, 0.29) is 24.1 Å². The molecule has 1 amide bonds. The normalized spacial score (nSPS) is 15.2. The Morgan fingerprint density at radius 2 is 2.14 bits per heavy atom. The Morgan fingerprint density at radius 1 is 1.43 bits per heavy atom. The van der Waals surface area contributed by atoms with Crippen LogP contribution in [0.1, 0.15) is 25.3 Å². The number of amides is 1. The number of nitrogens with one attached hydrogen (secondary N) is 1. The van der Waals surface area contributed by atoms with Gasteiger partial charge < -0.3 is 14.8 Å². The van der Waals surface area contributed by atoms with E-state index in [1.54, 1.807) is 6.07 Å². The summed E-state index contributed by atoms with van der Waals surface area (Å²) >= 11 is 0. The van der Waals surface area contributed by atoms with Crippen LogP contribution in [0.4, 0.5) is 4.39 Å². The van der Waals surface area contributed by atoms with Crippen LogP contribution < -0.4 is 10.1 Å². The molecule has 1 aromatic carbocycles. The molecule has 0 spiro atoms. The van der Waals surface area contributed by atoms with E-state index in [9.17, 15) is 14.0 Å². The van der Waals surface area contributed by atoms with E-state index in [0.29, 0.717) is 5.56 Å². The highest BCUT2D eigenvalue weighted by atomic mass is 19.1. The van der Waals surface area contributed by atoms with Crippen LogP contribution in [0.2, 0.25) is 0 Å². The molecule has 1 N–H and O–H groups in total. The summed E-state index contributed by atoms with van der Waals surface area (Å²) in [6.07, 6.45) is 0.998. The summed E-state index contributed by atoms with van der Waals surface area (Å²) in [6.45, 7) is 1.52. The van der Waals surface area contributed by atoms with Crippen LogP contribution in [0.25, 0.3) is 0 Å². The van der Waals surface area contributed by atoms with Gasteiger partial charge in [-0.05, 0) is 37.5 Å². The molecule has 1 aliphatic rings. The van der Waals surface area contributed by atoms with E-state index in [2.05, 4.69) is 5.32 Å². The van der Waals surface area contributed by atoms with Crippen molar-refractivity contribution < 1.29 is 23.5 Å². The highest BCUT2D eigenvalue weighted by Gasteiger charge is 2.27. The maximum atomic E-state index is 13.5. The van der Waals surface area contributed by atoms with Gasteiger partial charge in [-0.1, -0.05) is 6.07 Å². The molecule has 1 aromatic rings. The molecule has 0 aliphatic heterocycles. The second kappa shape index (κ2) is 6.56. The van der Waals surface area contributed by atoms with Crippen molar-refractivity contribution in [3.63, 3.8) is 0 Å². The zero-order valence-electron chi connectivity index (χ0n) is 12.0. The number of benzene rings is 1. The molecule has 1 aliphatic carbocycles. The minimum Gasteiger partial charge on any atom is -0.494 e. The quantitative estimate of drug-likeness (QED) is 0.809. The number of rotatable bonds is 6. The molecule has 6 heteroatoms. The highest BCUT2D eigenvalue weighted by Crippen LogP contribution is 2.19. The number of carbonyl (C=O) groups is 2. The molecule has 21 heavy (non-hydrogen) atoms. The number of halogens is 1. The number of esters is 1. The van der Waals surface area contributed by atoms with E-state index >= 15 is 0 Å². The van der Waals surface area contributed by atoms with Crippen molar-refractivity contribution in [1.29, 1.82) is 0 Å². The Labute approximate surface area is 122 Å². The van der Waals surface area contributed by atoms with Crippen LogP contribution in [0.3, 0.4) is 0 Å². The van der Waals surface area contributed by atoms with Gasteiger partial charge in [0.1, 0.15) is 0 Å². The molecule has 0 unspecified atom stereocenters. The topological polar surface area (TPSA) is 64.6 Å². The van der Waals surface area contributed by atoms with Crippen LogP contribution in [0.5, 0.6) is 5.75 Å². The molecule has 1 saturated carbocycles. The molecule has 2 rings (SSSR count). The number of carbonyl (C=O) groups excluding carboxylic acids is 2. The first kappa shape index (κ1) is 15.3. The number of hydrogen-bond donors (Lipinski definition) is 1. The second-order valence-corrected chi connectivity index (χ2v) is 5.06. The molecule has 1 fully saturated rings. The third-order valence-corrected chi connectivity index (χ3v) is 3.17. The lowest BCUT2D eigenvalue weighted by atomic mass is 10.1. The summed E-state index contributed by atoms with van der Waals surface area (Å²) in [7, 11) is 1.37. The Hall–Kier alpha value is -2.11. The van der Waals surface area contributed by atoms with Gasteiger partial charge in [-0.2, -0.15) is 0 Å². The third kappa shape index (κ3) is 4.44. The average molecular weight is 295 g/mol. The zero-order valence-corrected chi connectivity index (χ0v) is 12.0. The third-order valence-electron chi connectivity index (χ3n) is 3.17. The molecular weight excluding hydrogens is 277 g/mol. The van der Waals surface area contributed by atoms with Crippen molar-refractivity contribution in [1.82, 2.24) is 5.32 Å². The molecule has 0 aromatic heterocycles. The lowest BCUT2D eigenvalue weighted by Crippen LogP contribution is -2.37. The summed E-state index contributed by atoms with van der Waals surface area (Å²) in [5, 5.41) is 2.75. The average Bonchev–Trinajstić information content (AvgIpc) is 3.22. The predicted octanol–water partition coefficient (Wildman–Crippen LogP) is 1.59.